The smallest absolute Gasteiger partial charge is 0.225 e. The average molecular weight is 288 g/mol. The Morgan fingerprint density at radius 1 is 1.38 bits per heavy atom. The number of aromatic amines is 1. The Labute approximate surface area is 133 Å². The van der Waals surface area contributed by atoms with E-state index in [0.29, 0.717) is 40.0 Å². The van der Waals surface area contributed by atoms with Crippen LogP contribution in [0.2, 0.25) is 10.2 Å². The van der Waals surface area contributed by atoms with E-state index in [0.717, 1.165) is 10.9 Å². The zero-order valence-corrected chi connectivity index (χ0v) is 12.0. The number of halogens is 1. The third-order valence-electron chi connectivity index (χ3n) is 4.19. The number of rotatable bonds is 1. The fourth-order valence-corrected chi connectivity index (χ4v) is 3.30. The molecule has 3 rings (SSSR count). The zero-order chi connectivity index (χ0) is 15.5. The highest BCUT2D eigenvalue weighted by Crippen LogP contribution is 2.47. The molecule has 1 amide bonds. The van der Waals surface area contributed by atoms with E-state index < -0.39 is 17.0 Å². The van der Waals surface area contributed by atoms with Gasteiger partial charge in [0.05, 0.1) is 21.6 Å². The lowest BCUT2D eigenvalue weighted by molar-refractivity contribution is -0.120. The van der Waals surface area contributed by atoms with Gasteiger partial charge in [0.1, 0.15) is 15.7 Å². The summed E-state index contributed by atoms with van der Waals surface area (Å²) < 4.78 is 0. The van der Waals surface area contributed by atoms with Gasteiger partial charge in [0.2, 0.25) is 5.91 Å². The number of fused-ring (bicyclic) bond motifs is 3. The quantitative estimate of drug-likeness (QED) is 0.675. The molecule has 1 aliphatic carbocycles. The van der Waals surface area contributed by atoms with Crippen LogP contribution in [0.4, 0.5) is 0 Å². The molecule has 1 aromatic heterocycles. The first kappa shape index (κ1) is 14.7. The Morgan fingerprint density at radius 2 is 2.05 bits per heavy atom. The second kappa shape index (κ2) is 4.64. The van der Waals surface area contributed by atoms with Gasteiger partial charge in [-0.1, -0.05) is 34.2 Å². The summed E-state index contributed by atoms with van der Waals surface area (Å²) in [5.41, 5.74) is 8.26. The lowest BCUT2D eigenvalue weighted by atomic mass is 9.43. The lowest BCUT2D eigenvalue weighted by Gasteiger charge is -2.37. The summed E-state index contributed by atoms with van der Waals surface area (Å²) in [4.78, 5) is 14.9. The maximum absolute atomic E-state index is 11.8. The minimum Gasteiger partial charge on any atom is -0.369 e. The number of aryl methyl sites for hydroxylation is 1. The molecule has 3 N–H and O–H groups in total. The predicted octanol–water partition coefficient (Wildman–Crippen LogP) is -0.623. The fraction of sp³-hybridized carbons (Fsp3) is 0.308. The number of H-pyrrole nitrogens is 1. The van der Waals surface area contributed by atoms with E-state index in [4.69, 9.17) is 48.7 Å². The summed E-state index contributed by atoms with van der Waals surface area (Å²) >= 11 is 6.09. The summed E-state index contributed by atoms with van der Waals surface area (Å²) in [6.07, 6.45) is 1.04. The molecule has 8 radical (unpaired) electrons. The molecule has 0 aliphatic heterocycles. The third kappa shape index (κ3) is 2.05. The number of carbonyl (C=O) groups excluding carboxylic acids is 1. The highest BCUT2D eigenvalue weighted by Gasteiger charge is 2.40. The zero-order valence-electron chi connectivity index (χ0n) is 11.2. The highest BCUT2D eigenvalue weighted by molar-refractivity contribution is 6.57. The van der Waals surface area contributed by atoms with Gasteiger partial charge in [-0.3, -0.25) is 4.79 Å². The number of benzene rings is 1. The van der Waals surface area contributed by atoms with E-state index in [1.807, 2.05) is 0 Å². The topological polar surface area (TPSA) is 58.9 Å². The van der Waals surface area contributed by atoms with Crippen LogP contribution in [0.3, 0.4) is 0 Å². The maximum atomic E-state index is 11.8. The summed E-state index contributed by atoms with van der Waals surface area (Å²) in [6.45, 7) is 0. The molecule has 0 bridgehead atoms. The largest absolute Gasteiger partial charge is 0.369 e. The van der Waals surface area contributed by atoms with Crippen LogP contribution in [-0.4, -0.2) is 42.3 Å². The molecule has 1 aromatic carbocycles. The van der Waals surface area contributed by atoms with Crippen molar-refractivity contribution in [1.82, 2.24) is 4.98 Å². The van der Waals surface area contributed by atoms with E-state index in [9.17, 15) is 4.79 Å². The van der Waals surface area contributed by atoms with E-state index in [2.05, 4.69) is 4.98 Å². The highest BCUT2D eigenvalue weighted by atomic mass is 35.5. The number of primary amides is 1. The Hall–Kier alpha value is -1.22. The van der Waals surface area contributed by atoms with Gasteiger partial charge in [-0.15, -0.1) is 0 Å². The van der Waals surface area contributed by atoms with Crippen LogP contribution >= 0.6 is 11.6 Å². The maximum Gasteiger partial charge on any atom is 0.225 e. The number of nitrogens with one attached hydrogen (secondary N) is 1. The van der Waals surface area contributed by atoms with Crippen molar-refractivity contribution in [3.8, 4) is 0 Å². The molecular weight excluding hydrogens is 279 g/mol. The Morgan fingerprint density at radius 3 is 2.67 bits per heavy atom. The molecule has 0 saturated heterocycles. The summed E-state index contributed by atoms with van der Waals surface area (Å²) in [7, 11) is 23.9. The number of nitrogens with two attached hydrogens (primary N) is 1. The van der Waals surface area contributed by atoms with E-state index in [-0.39, 0.29) is 0 Å². The monoisotopic (exact) mass is 288 g/mol. The molecule has 0 saturated carbocycles. The third-order valence-corrected chi connectivity index (χ3v) is 4.50. The van der Waals surface area contributed by atoms with Crippen molar-refractivity contribution in [2.24, 2.45) is 5.73 Å². The second-order valence-corrected chi connectivity index (χ2v) is 5.98. The molecular formula is C13H9B4ClN2O. The first-order valence-electron chi connectivity index (χ1n) is 6.49. The van der Waals surface area contributed by atoms with E-state index in [1.54, 1.807) is 6.07 Å². The van der Waals surface area contributed by atoms with Gasteiger partial charge >= 0.3 is 0 Å². The van der Waals surface area contributed by atoms with E-state index >= 15 is 0 Å². The fourth-order valence-electron chi connectivity index (χ4n) is 3.09. The summed E-state index contributed by atoms with van der Waals surface area (Å²) in [6, 6.07) is 1.73. The normalized spacial score (nSPS) is 20.3. The van der Waals surface area contributed by atoms with Crippen LogP contribution in [-0.2, 0) is 11.2 Å². The molecule has 2 aromatic rings. The molecule has 21 heavy (non-hydrogen) atoms. The van der Waals surface area contributed by atoms with Crippen LogP contribution in [0.1, 0.15) is 23.6 Å². The van der Waals surface area contributed by atoms with Crippen LogP contribution in [0.5, 0.6) is 0 Å². The van der Waals surface area contributed by atoms with Crippen LogP contribution < -0.4 is 16.7 Å². The molecule has 1 unspecified atom stereocenters. The molecule has 0 spiro atoms. The number of hydrogen-bond acceptors (Lipinski definition) is 1. The number of carbonyl (C=O) groups is 1. The molecule has 1 heterocycles. The van der Waals surface area contributed by atoms with Crippen molar-refractivity contribution in [3.63, 3.8) is 0 Å². The minimum atomic E-state index is -1.19. The Balaban J connectivity index is 2.35. The second-order valence-electron chi connectivity index (χ2n) is 5.57. The SMILES string of the molecule is [B]c1c(Cl)cc2c3c([nH]c2c1[B])C(C(N)=O)C([B])([B])CC3. The minimum absolute atomic E-state index is 0.296. The molecule has 1 aliphatic rings. The van der Waals surface area contributed by atoms with Crippen LogP contribution in [0.25, 0.3) is 10.9 Å². The van der Waals surface area contributed by atoms with Gasteiger partial charge in [0.25, 0.3) is 0 Å². The predicted molar refractivity (Wildman–Crippen MR) is 88.5 cm³/mol. The first-order valence-corrected chi connectivity index (χ1v) is 6.86. The van der Waals surface area contributed by atoms with Crippen molar-refractivity contribution in [2.75, 3.05) is 0 Å². The molecule has 1 atom stereocenters. The number of aromatic nitrogens is 1. The van der Waals surface area contributed by atoms with Crippen molar-refractivity contribution >= 4 is 70.7 Å². The molecule has 3 nitrogen and oxygen atoms in total. The Bertz CT molecular complexity index is 771. The van der Waals surface area contributed by atoms with Crippen LogP contribution in [0.15, 0.2) is 6.07 Å². The van der Waals surface area contributed by atoms with Gasteiger partial charge in [0, 0.05) is 21.6 Å². The molecule has 96 valence electrons. The van der Waals surface area contributed by atoms with Gasteiger partial charge in [-0.25, -0.2) is 0 Å². The standard InChI is InChI=1S/C13H9B4ClN2O/c14-8-6(18)3-5-4-1-2-13(16,17)7(12(19)21)10(4)20-11(5)9(8)15/h3,7,20H,1-2H2,(H2,19,21). The summed E-state index contributed by atoms with van der Waals surface area (Å²) in [5.74, 6) is -1.39. The van der Waals surface area contributed by atoms with Crippen molar-refractivity contribution < 1.29 is 4.79 Å². The molecule has 8 heteroatoms. The van der Waals surface area contributed by atoms with E-state index in [1.165, 1.54) is 0 Å². The van der Waals surface area contributed by atoms with Gasteiger partial charge < -0.3 is 10.7 Å². The number of hydrogen-bond donors (Lipinski definition) is 2. The van der Waals surface area contributed by atoms with Crippen LogP contribution in [0, 0.1) is 0 Å². The van der Waals surface area contributed by atoms with Crippen molar-refractivity contribution in [3.05, 3.63) is 22.3 Å². The van der Waals surface area contributed by atoms with Gasteiger partial charge in [-0.2, -0.15) is 0 Å². The Kier molecular flexibility index (Phi) is 3.25. The van der Waals surface area contributed by atoms with Gasteiger partial charge in [-0.05, 0) is 18.1 Å². The average Bonchev–Trinajstić information content (AvgIpc) is 2.72. The van der Waals surface area contributed by atoms with Crippen molar-refractivity contribution in [2.45, 2.75) is 24.0 Å². The lowest BCUT2D eigenvalue weighted by Crippen LogP contribution is -2.37. The first-order chi connectivity index (χ1) is 9.74. The number of amides is 1. The van der Waals surface area contributed by atoms with Gasteiger partial charge in [0.15, 0.2) is 0 Å². The summed E-state index contributed by atoms with van der Waals surface area (Å²) in [5, 5.41) is 0.00212. The van der Waals surface area contributed by atoms with Crippen molar-refractivity contribution in [1.29, 1.82) is 0 Å². The molecule has 0 fully saturated rings.